The van der Waals surface area contributed by atoms with E-state index in [0.29, 0.717) is 5.69 Å². The van der Waals surface area contributed by atoms with Crippen LogP contribution in [-0.4, -0.2) is 36.2 Å². The molecule has 0 heterocycles. The van der Waals surface area contributed by atoms with Crippen molar-refractivity contribution in [2.24, 2.45) is 0 Å². The van der Waals surface area contributed by atoms with Crippen molar-refractivity contribution in [3.63, 3.8) is 0 Å². The first-order valence-electron chi connectivity index (χ1n) is 7.70. The molecule has 0 saturated carbocycles. The van der Waals surface area contributed by atoms with Gasteiger partial charge in [0.25, 0.3) is 0 Å². The van der Waals surface area contributed by atoms with E-state index in [0.717, 1.165) is 17.4 Å². The van der Waals surface area contributed by atoms with Gasteiger partial charge in [-0.25, -0.2) is 21.6 Å². The zero-order valence-corrected chi connectivity index (χ0v) is 16.1. The Hall–Kier alpha value is -1.90. The molecule has 0 unspecified atom stereocenters. The lowest BCUT2D eigenvalue weighted by Crippen LogP contribution is -2.38. The molecule has 2 aromatic carbocycles. The van der Waals surface area contributed by atoms with Crippen LogP contribution in [0.1, 0.15) is 11.1 Å². The van der Waals surface area contributed by atoms with Gasteiger partial charge in [0.2, 0.25) is 20.0 Å². The van der Waals surface area contributed by atoms with E-state index in [-0.39, 0.29) is 18.0 Å². The van der Waals surface area contributed by atoms with E-state index in [2.05, 4.69) is 4.72 Å². The average Bonchev–Trinajstić information content (AvgIpc) is 2.52. The van der Waals surface area contributed by atoms with Gasteiger partial charge in [-0.05, 0) is 38.1 Å². The first-order valence-corrected chi connectivity index (χ1v) is 11.0. The Morgan fingerprint density at radius 1 is 0.840 bits per heavy atom. The molecule has 6 nitrogen and oxygen atoms in total. The summed E-state index contributed by atoms with van der Waals surface area (Å²) in [5.74, 6) is 0. The molecule has 8 heteroatoms. The van der Waals surface area contributed by atoms with Crippen molar-refractivity contribution in [2.75, 3.05) is 23.7 Å². The molecule has 0 aromatic heterocycles. The summed E-state index contributed by atoms with van der Waals surface area (Å²) in [4.78, 5) is 0.152. The Labute approximate surface area is 149 Å². The van der Waals surface area contributed by atoms with Crippen LogP contribution >= 0.6 is 0 Å². The van der Waals surface area contributed by atoms with E-state index in [1.54, 1.807) is 24.3 Å². The van der Waals surface area contributed by atoms with E-state index >= 15 is 0 Å². The molecule has 0 aliphatic carbocycles. The normalized spacial score (nSPS) is 12.1. The fraction of sp³-hybridized carbons (Fsp3) is 0.294. The smallest absolute Gasteiger partial charge is 0.240 e. The van der Waals surface area contributed by atoms with Crippen molar-refractivity contribution >= 4 is 25.7 Å². The summed E-state index contributed by atoms with van der Waals surface area (Å²) >= 11 is 0. The number of hydrogen-bond donors (Lipinski definition) is 1. The van der Waals surface area contributed by atoms with Crippen molar-refractivity contribution in [3.05, 3.63) is 59.7 Å². The minimum Gasteiger partial charge on any atom is -0.269 e. The predicted molar refractivity (Wildman–Crippen MR) is 99.7 cm³/mol. The summed E-state index contributed by atoms with van der Waals surface area (Å²) in [6.07, 6.45) is 1.10. The molecule has 25 heavy (non-hydrogen) atoms. The highest BCUT2D eigenvalue weighted by molar-refractivity contribution is 7.92. The number of aryl methyl sites for hydroxylation is 2. The second kappa shape index (κ2) is 7.55. The monoisotopic (exact) mass is 382 g/mol. The van der Waals surface area contributed by atoms with Crippen LogP contribution in [0, 0.1) is 13.8 Å². The molecule has 0 aliphatic rings. The van der Waals surface area contributed by atoms with Gasteiger partial charge in [0.1, 0.15) is 0 Å². The average molecular weight is 383 g/mol. The third-order valence-electron chi connectivity index (χ3n) is 3.66. The fourth-order valence-corrected chi connectivity index (χ4v) is 4.23. The van der Waals surface area contributed by atoms with Gasteiger partial charge in [0.05, 0.1) is 16.8 Å². The van der Waals surface area contributed by atoms with Crippen molar-refractivity contribution in [2.45, 2.75) is 18.7 Å². The molecule has 0 bridgehead atoms. The number of hydrogen-bond acceptors (Lipinski definition) is 4. The van der Waals surface area contributed by atoms with E-state index in [1.807, 2.05) is 26.0 Å². The second-order valence-electron chi connectivity index (χ2n) is 5.88. The number of sulfonamides is 2. The second-order valence-corrected chi connectivity index (χ2v) is 9.56. The van der Waals surface area contributed by atoms with Crippen LogP contribution in [0.3, 0.4) is 0 Å². The molecule has 1 N–H and O–H groups in total. The van der Waals surface area contributed by atoms with Gasteiger partial charge in [0.15, 0.2) is 0 Å². The third kappa shape index (κ3) is 5.29. The summed E-state index contributed by atoms with van der Waals surface area (Å²) in [5, 5.41) is 0. The topological polar surface area (TPSA) is 83.6 Å². The Bertz CT molecular complexity index is 920. The van der Waals surface area contributed by atoms with Crippen molar-refractivity contribution in [1.29, 1.82) is 0 Å². The van der Waals surface area contributed by atoms with Crippen LogP contribution in [0.25, 0.3) is 0 Å². The van der Waals surface area contributed by atoms with Gasteiger partial charge >= 0.3 is 0 Å². The number of benzene rings is 2. The third-order valence-corrected chi connectivity index (χ3v) is 6.33. The van der Waals surface area contributed by atoms with E-state index in [4.69, 9.17) is 0 Å². The zero-order chi connectivity index (χ0) is 18.7. The molecule has 0 fully saturated rings. The van der Waals surface area contributed by atoms with Crippen LogP contribution in [0.2, 0.25) is 0 Å². The standard InChI is InChI=1S/C17H22N2O4S2/c1-14-4-8-16(9-5-14)19(24(3,20)21)13-12-18-25(22,23)17-10-6-15(2)7-11-17/h4-11,18H,12-13H2,1-3H3. The molecule has 0 amide bonds. The highest BCUT2D eigenvalue weighted by atomic mass is 32.2. The maximum absolute atomic E-state index is 12.3. The van der Waals surface area contributed by atoms with Crippen LogP contribution in [0.4, 0.5) is 5.69 Å². The molecule has 0 radical (unpaired) electrons. The Morgan fingerprint density at radius 2 is 1.32 bits per heavy atom. The molecule has 0 spiro atoms. The molecular weight excluding hydrogens is 360 g/mol. The highest BCUT2D eigenvalue weighted by Crippen LogP contribution is 2.18. The van der Waals surface area contributed by atoms with Gasteiger partial charge in [0, 0.05) is 13.1 Å². The van der Waals surface area contributed by atoms with Crippen LogP contribution < -0.4 is 9.03 Å². The molecular formula is C17H22N2O4S2. The summed E-state index contributed by atoms with van der Waals surface area (Å²) in [6.45, 7) is 3.75. The van der Waals surface area contributed by atoms with Crippen molar-refractivity contribution in [1.82, 2.24) is 4.72 Å². The lowest BCUT2D eigenvalue weighted by molar-refractivity contribution is 0.578. The first-order chi connectivity index (χ1) is 11.6. The van der Waals surface area contributed by atoms with Gasteiger partial charge in [-0.15, -0.1) is 0 Å². The first kappa shape index (κ1) is 19.4. The molecule has 136 valence electrons. The Morgan fingerprint density at radius 3 is 1.80 bits per heavy atom. The molecule has 0 aliphatic heterocycles. The molecule has 2 rings (SSSR count). The minimum atomic E-state index is -3.68. The molecule has 2 aromatic rings. The van der Waals surface area contributed by atoms with Gasteiger partial charge in [-0.3, -0.25) is 4.31 Å². The minimum absolute atomic E-state index is 0.00693. The van der Waals surface area contributed by atoms with Crippen LogP contribution in [-0.2, 0) is 20.0 Å². The van der Waals surface area contributed by atoms with Crippen LogP contribution in [0.5, 0.6) is 0 Å². The molecule has 0 saturated heterocycles. The number of nitrogens with one attached hydrogen (secondary N) is 1. The zero-order valence-electron chi connectivity index (χ0n) is 14.4. The van der Waals surface area contributed by atoms with E-state index < -0.39 is 20.0 Å². The summed E-state index contributed by atoms with van der Waals surface area (Å²) in [7, 11) is -7.20. The summed E-state index contributed by atoms with van der Waals surface area (Å²) in [5.41, 5.74) is 2.47. The van der Waals surface area contributed by atoms with E-state index in [1.165, 1.54) is 16.4 Å². The van der Waals surface area contributed by atoms with Gasteiger partial charge in [-0.1, -0.05) is 35.4 Å². The van der Waals surface area contributed by atoms with Gasteiger partial charge in [-0.2, -0.15) is 0 Å². The lowest BCUT2D eigenvalue weighted by Gasteiger charge is -2.22. The fourth-order valence-electron chi connectivity index (χ4n) is 2.28. The quantitative estimate of drug-likeness (QED) is 0.794. The predicted octanol–water partition coefficient (Wildman–Crippen LogP) is 2.05. The van der Waals surface area contributed by atoms with Crippen LogP contribution in [0.15, 0.2) is 53.4 Å². The molecule has 0 atom stereocenters. The maximum Gasteiger partial charge on any atom is 0.240 e. The van der Waals surface area contributed by atoms with Gasteiger partial charge < -0.3 is 0 Å². The number of rotatable bonds is 7. The summed E-state index contributed by atoms with van der Waals surface area (Å²) < 4.78 is 52.2. The number of anilines is 1. The van der Waals surface area contributed by atoms with E-state index in [9.17, 15) is 16.8 Å². The van der Waals surface area contributed by atoms with Crippen molar-refractivity contribution < 1.29 is 16.8 Å². The number of nitrogens with zero attached hydrogens (tertiary/aromatic N) is 1. The lowest BCUT2D eigenvalue weighted by atomic mass is 10.2. The largest absolute Gasteiger partial charge is 0.269 e. The summed E-state index contributed by atoms with van der Waals surface area (Å²) in [6, 6.07) is 13.5. The Kier molecular flexibility index (Phi) is 5.87. The highest BCUT2D eigenvalue weighted by Gasteiger charge is 2.19. The van der Waals surface area contributed by atoms with Crippen molar-refractivity contribution in [3.8, 4) is 0 Å². The Balaban J connectivity index is 2.11. The maximum atomic E-state index is 12.3. The SMILES string of the molecule is Cc1ccc(N(CCNS(=O)(=O)c2ccc(C)cc2)S(C)(=O)=O)cc1.